The van der Waals surface area contributed by atoms with Crippen LogP contribution in [0.1, 0.15) is 84.6 Å². The maximum Gasteiger partial charge on any atom is 0.380 e. The molecule has 29 heavy (non-hydrogen) atoms. The minimum atomic E-state index is -4.24. The van der Waals surface area contributed by atoms with Gasteiger partial charge in [0.1, 0.15) is 0 Å². The van der Waals surface area contributed by atoms with Crippen LogP contribution in [-0.4, -0.2) is 14.2 Å². The Labute approximate surface area is 174 Å². The van der Waals surface area contributed by atoms with Crippen LogP contribution in [0.5, 0.6) is 5.75 Å². The van der Waals surface area contributed by atoms with Crippen molar-refractivity contribution in [2.24, 2.45) is 5.14 Å². The average molecular weight is 418 g/mol. The van der Waals surface area contributed by atoms with Gasteiger partial charge in [0.2, 0.25) is 0 Å². The van der Waals surface area contributed by atoms with Crippen LogP contribution in [-0.2, 0) is 10.3 Å². The second-order valence-electron chi connectivity index (χ2n) is 8.35. The lowest BCUT2D eigenvalue weighted by atomic mass is 9.81. The maximum absolute atomic E-state index is 12.8. The lowest BCUT2D eigenvalue weighted by Crippen LogP contribution is -2.22. The number of hydrogen-bond donors (Lipinski definition) is 1. The van der Waals surface area contributed by atoms with E-state index >= 15 is 0 Å². The zero-order valence-corrected chi connectivity index (χ0v) is 19.3. The minimum absolute atomic E-state index is 0.0323. The summed E-state index contributed by atoms with van der Waals surface area (Å²) in [5.41, 5.74) is 6.85. The molecule has 0 unspecified atom stereocenters. The van der Waals surface area contributed by atoms with E-state index in [0.29, 0.717) is 16.7 Å². The van der Waals surface area contributed by atoms with E-state index in [1.165, 1.54) is 6.92 Å². The SMILES string of the molecule is CC(=O)c1c(-c2c(C)cc(C)cc2C)cc(C(C)C)c(OS(N)(=O)=O)c1C(C)C. The van der Waals surface area contributed by atoms with E-state index in [0.717, 1.165) is 27.8 Å². The van der Waals surface area contributed by atoms with Gasteiger partial charge in [-0.3, -0.25) is 4.79 Å². The predicted octanol–water partition coefficient (Wildman–Crippen LogP) is 5.31. The molecule has 0 saturated carbocycles. The Bertz CT molecular complexity index is 1040. The van der Waals surface area contributed by atoms with E-state index in [1.807, 2.05) is 54.5 Å². The van der Waals surface area contributed by atoms with Gasteiger partial charge in [-0.2, -0.15) is 13.6 Å². The summed E-state index contributed by atoms with van der Waals surface area (Å²) in [6.45, 7) is 15.3. The summed E-state index contributed by atoms with van der Waals surface area (Å²) in [5.74, 6) is -0.143. The Morgan fingerprint density at radius 2 is 1.48 bits per heavy atom. The number of benzene rings is 2. The molecule has 2 aromatic carbocycles. The molecule has 0 saturated heterocycles. The highest BCUT2D eigenvalue weighted by Gasteiger charge is 2.28. The van der Waals surface area contributed by atoms with Gasteiger partial charge in [-0.1, -0.05) is 45.4 Å². The van der Waals surface area contributed by atoms with E-state index in [2.05, 4.69) is 12.1 Å². The van der Waals surface area contributed by atoms with Gasteiger partial charge in [0.15, 0.2) is 11.5 Å². The van der Waals surface area contributed by atoms with Crippen molar-refractivity contribution in [3.05, 3.63) is 51.6 Å². The summed E-state index contributed by atoms with van der Waals surface area (Å²) in [4.78, 5) is 12.8. The van der Waals surface area contributed by atoms with Crippen molar-refractivity contribution in [1.29, 1.82) is 0 Å². The maximum atomic E-state index is 12.8. The Balaban J connectivity index is 3.10. The number of Topliss-reactive ketones (excluding diaryl/α,β-unsaturated/α-hetero) is 1. The third-order valence-corrected chi connectivity index (χ3v) is 5.44. The summed E-state index contributed by atoms with van der Waals surface area (Å²) in [6, 6.07) is 6.06. The van der Waals surface area contributed by atoms with Gasteiger partial charge >= 0.3 is 10.3 Å². The number of aryl methyl sites for hydroxylation is 3. The molecule has 2 aromatic rings. The number of hydrogen-bond acceptors (Lipinski definition) is 4. The largest absolute Gasteiger partial charge is 0.380 e. The molecule has 0 fully saturated rings. The van der Waals surface area contributed by atoms with Gasteiger partial charge in [-0.15, -0.1) is 0 Å². The van der Waals surface area contributed by atoms with Crippen LogP contribution in [0.2, 0.25) is 0 Å². The van der Waals surface area contributed by atoms with Gasteiger partial charge in [0.25, 0.3) is 0 Å². The summed E-state index contributed by atoms with van der Waals surface area (Å²) in [6.07, 6.45) is 0. The molecule has 2 rings (SSSR count). The Hall–Kier alpha value is -2.18. The fourth-order valence-corrected chi connectivity index (χ4v) is 4.50. The van der Waals surface area contributed by atoms with Gasteiger partial charge in [-0.05, 0) is 73.4 Å². The first-order chi connectivity index (χ1) is 13.2. The van der Waals surface area contributed by atoms with Crippen LogP contribution in [0.15, 0.2) is 18.2 Å². The molecule has 0 aliphatic heterocycles. The van der Waals surface area contributed by atoms with Crippen molar-refractivity contribution in [2.75, 3.05) is 0 Å². The summed E-state index contributed by atoms with van der Waals surface area (Å²) in [7, 11) is -4.24. The van der Waals surface area contributed by atoms with Crippen LogP contribution >= 0.6 is 0 Å². The Morgan fingerprint density at radius 1 is 0.966 bits per heavy atom. The third kappa shape index (κ3) is 4.87. The zero-order valence-electron chi connectivity index (χ0n) is 18.5. The van der Waals surface area contributed by atoms with Crippen molar-refractivity contribution < 1.29 is 17.4 Å². The number of carbonyl (C=O) groups excluding carboxylic acids is 1. The standard InChI is InChI=1S/C23H31NO4S/c1-12(2)18-11-19(21-15(6)9-14(5)10-16(21)7)22(17(8)25)20(13(3)4)23(18)28-29(24,26)27/h9-13H,1-8H3,(H2,24,26,27). The molecular formula is C23H31NO4S. The molecule has 0 bridgehead atoms. The topological polar surface area (TPSA) is 86.5 Å². The lowest BCUT2D eigenvalue weighted by molar-refractivity contribution is 0.101. The van der Waals surface area contributed by atoms with Crippen LogP contribution in [0, 0.1) is 20.8 Å². The number of rotatable bonds is 6. The van der Waals surface area contributed by atoms with Crippen molar-refractivity contribution >= 4 is 16.1 Å². The molecule has 158 valence electrons. The van der Waals surface area contributed by atoms with Gasteiger partial charge < -0.3 is 4.18 Å². The lowest BCUT2D eigenvalue weighted by Gasteiger charge is -2.25. The fraction of sp³-hybridized carbons (Fsp3) is 0.435. The molecular weight excluding hydrogens is 386 g/mol. The highest BCUT2D eigenvalue weighted by atomic mass is 32.2. The van der Waals surface area contributed by atoms with Crippen LogP contribution in [0.4, 0.5) is 0 Å². The normalized spacial score (nSPS) is 12.0. The predicted molar refractivity (Wildman–Crippen MR) is 118 cm³/mol. The minimum Gasteiger partial charge on any atom is -0.370 e. The molecule has 0 spiro atoms. The summed E-state index contributed by atoms with van der Waals surface area (Å²) < 4.78 is 28.9. The first-order valence-electron chi connectivity index (χ1n) is 9.76. The van der Waals surface area contributed by atoms with Crippen molar-refractivity contribution in [3.63, 3.8) is 0 Å². The molecule has 0 aliphatic rings. The van der Waals surface area contributed by atoms with Crippen molar-refractivity contribution in [1.82, 2.24) is 0 Å². The van der Waals surface area contributed by atoms with Crippen LogP contribution in [0.3, 0.4) is 0 Å². The Kier molecular flexibility index (Phi) is 6.60. The monoisotopic (exact) mass is 417 g/mol. The first kappa shape index (κ1) is 23.1. The zero-order chi connectivity index (χ0) is 22.3. The second kappa shape index (κ2) is 8.28. The third-order valence-electron chi connectivity index (χ3n) is 5.04. The van der Waals surface area contributed by atoms with Crippen molar-refractivity contribution in [2.45, 2.75) is 67.2 Å². The molecule has 0 aromatic heterocycles. The molecule has 6 heteroatoms. The fourth-order valence-electron chi connectivity index (χ4n) is 4.08. The molecule has 0 amide bonds. The number of nitrogens with two attached hydrogens (primary N) is 1. The van der Waals surface area contributed by atoms with Crippen LogP contribution < -0.4 is 9.32 Å². The highest BCUT2D eigenvalue weighted by molar-refractivity contribution is 7.84. The average Bonchev–Trinajstić information content (AvgIpc) is 2.51. The first-order valence-corrected chi connectivity index (χ1v) is 11.2. The number of ketones is 1. The van der Waals surface area contributed by atoms with E-state index in [4.69, 9.17) is 9.32 Å². The molecule has 0 heterocycles. The molecule has 2 N–H and O–H groups in total. The van der Waals surface area contributed by atoms with E-state index < -0.39 is 10.3 Å². The quantitative estimate of drug-likeness (QED) is 0.645. The van der Waals surface area contributed by atoms with Crippen LogP contribution in [0.25, 0.3) is 11.1 Å². The van der Waals surface area contributed by atoms with Crippen molar-refractivity contribution in [3.8, 4) is 16.9 Å². The molecule has 0 atom stereocenters. The summed E-state index contributed by atoms with van der Waals surface area (Å²) >= 11 is 0. The van der Waals surface area contributed by atoms with Gasteiger partial charge in [-0.25, -0.2) is 0 Å². The van der Waals surface area contributed by atoms with E-state index in [-0.39, 0.29) is 23.4 Å². The molecule has 0 aliphatic carbocycles. The molecule has 0 radical (unpaired) electrons. The van der Waals surface area contributed by atoms with E-state index in [1.54, 1.807) is 0 Å². The second-order valence-corrected chi connectivity index (χ2v) is 9.50. The summed E-state index contributed by atoms with van der Waals surface area (Å²) in [5, 5.41) is 5.21. The van der Waals surface area contributed by atoms with Gasteiger partial charge in [0, 0.05) is 11.1 Å². The smallest absolute Gasteiger partial charge is 0.370 e. The van der Waals surface area contributed by atoms with E-state index in [9.17, 15) is 13.2 Å². The Morgan fingerprint density at radius 3 is 1.86 bits per heavy atom. The molecule has 5 nitrogen and oxygen atoms in total. The number of carbonyl (C=O) groups is 1. The van der Waals surface area contributed by atoms with Gasteiger partial charge in [0.05, 0.1) is 0 Å². The highest BCUT2D eigenvalue weighted by Crippen LogP contribution is 2.44.